The Labute approximate surface area is 102 Å². The van der Waals surface area contributed by atoms with Crippen LogP contribution in [0.4, 0.5) is 0 Å². The number of esters is 1. The lowest BCUT2D eigenvalue weighted by atomic mass is 9.91. The van der Waals surface area contributed by atoms with Crippen LogP contribution < -0.4 is 5.32 Å². The Morgan fingerprint density at radius 2 is 2.29 bits per heavy atom. The molecule has 1 aromatic carbocycles. The average Bonchev–Trinajstić information content (AvgIpc) is 2.38. The lowest BCUT2D eigenvalue weighted by Gasteiger charge is -2.24. The molecule has 0 aromatic heterocycles. The number of carbonyl (C=O) groups excluding carboxylic acids is 1. The zero-order chi connectivity index (χ0) is 12.1. The molecular formula is C14H19NO2. The molecule has 0 fully saturated rings. The van der Waals surface area contributed by atoms with E-state index in [1.165, 1.54) is 5.56 Å². The monoisotopic (exact) mass is 233 g/mol. The third-order valence-electron chi connectivity index (χ3n) is 3.12. The molecule has 92 valence electrons. The van der Waals surface area contributed by atoms with E-state index in [-0.39, 0.29) is 11.9 Å². The molecular weight excluding hydrogens is 214 g/mol. The summed E-state index contributed by atoms with van der Waals surface area (Å²) >= 11 is 0. The minimum Gasteiger partial charge on any atom is -0.465 e. The van der Waals surface area contributed by atoms with Crippen LogP contribution in [0.2, 0.25) is 0 Å². The summed E-state index contributed by atoms with van der Waals surface area (Å²) in [4.78, 5) is 12.0. The van der Waals surface area contributed by atoms with Gasteiger partial charge in [-0.05, 0) is 17.5 Å². The molecule has 2 rings (SSSR count). The van der Waals surface area contributed by atoms with Gasteiger partial charge in [-0.2, -0.15) is 0 Å². The summed E-state index contributed by atoms with van der Waals surface area (Å²) in [5.41, 5.74) is 2.32. The van der Waals surface area contributed by atoms with Crippen molar-refractivity contribution >= 4 is 5.97 Å². The maximum Gasteiger partial charge on any atom is 0.314 e. The second-order valence-electron chi connectivity index (χ2n) is 4.40. The highest BCUT2D eigenvalue weighted by Crippen LogP contribution is 2.24. The molecule has 1 unspecified atom stereocenters. The molecule has 1 aliphatic heterocycles. The van der Waals surface area contributed by atoms with Gasteiger partial charge in [0.2, 0.25) is 0 Å². The highest BCUT2D eigenvalue weighted by atomic mass is 16.5. The first-order valence-electron chi connectivity index (χ1n) is 6.28. The Kier molecular flexibility index (Phi) is 4.15. The van der Waals surface area contributed by atoms with Gasteiger partial charge in [-0.1, -0.05) is 37.6 Å². The minimum absolute atomic E-state index is 0.0990. The number of unbranched alkanes of at least 4 members (excludes halogenated alkanes) is 1. The van der Waals surface area contributed by atoms with E-state index in [1.807, 2.05) is 18.2 Å². The van der Waals surface area contributed by atoms with Crippen molar-refractivity contribution in [2.24, 2.45) is 0 Å². The van der Waals surface area contributed by atoms with Gasteiger partial charge in [0.05, 0.1) is 12.5 Å². The molecule has 1 N–H and O–H groups in total. The number of carbonyl (C=O) groups is 1. The topological polar surface area (TPSA) is 38.3 Å². The summed E-state index contributed by atoms with van der Waals surface area (Å²) in [5, 5.41) is 3.26. The van der Waals surface area contributed by atoms with Crippen molar-refractivity contribution in [3.8, 4) is 0 Å². The summed E-state index contributed by atoms with van der Waals surface area (Å²) in [6.07, 6.45) is 1.99. The van der Waals surface area contributed by atoms with Crippen LogP contribution in [0.5, 0.6) is 0 Å². The van der Waals surface area contributed by atoms with E-state index in [9.17, 15) is 4.79 Å². The average molecular weight is 233 g/mol. The first kappa shape index (κ1) is 12.1. The number of hydrogen-bond acceptors (Lipinski definition) is 3. The largest absolute Gasteiger partial charge is 0.465 e. The number of hydrogen-bond donors (Lipinski definition) is 1. The first-order valence-corrected chi connectivity index (χ1v) is 6.28. The van der Waals surface area contributed by atoms with Gasteiger partial charge >= 0.3 is 5.97 Å². The standard InChI is InChI=1S/C14H19NO2/c1-2-3-8-17-14(16)13-10-15-9-11-6-4-5-7-12(11)13/h4-7,13,15H,2-3,8-10H2,1H3. The Hall–Kier alpha value is -1.35. The van der Waals surface area contributed by atoms with Crippen molar-refractivity contribution in [2.45, 2.75) is 32.2 Å². The van der Waals surface area contributed by atoms with Gasteiger partial charge in [0, 0.05) is 13.1 Å². The van der Waals surface area contributed by atoms with Crippen LogP contribution in [0.1, 0.15) is 36.8 Å². The lowest BCUT2D eigenvalue weighted by molar-refractivity contribution is -0.145. The van der Waals surface area contributed by atoms with Gasteiger partial charge < -0.3 is 10.1 Å². The molecule has 0 spiro atoms. The molecule has 3 heteroatoms. The van der Waals surface area contributed by atoms with Crippen LogP contribution in [0, 0.1) is 0 Å². The Bertz CT molecular complexity index is 390. The minimum atomic E-state index is -0.142. The van der Waals surface area contributed by atoms with Gasteiger partial charge in [-0.3, -0.25) is 4.79 Å². The molecule has 0 bridgehead atoms. The second-order valence-corrected chi connectivity index (χ2v) is 4.40. The lowest BCUT2D eigenvalue weighted by Crippen LogP contribution is -2.33. The second kappa shape index (κ2) is 5.82. The van der Waals surface area contributed by atoms with Gasteiger partial charge in [0.25, 0.3) is 0 Å². The zero-order valence-corrected chi connectivity index (χ0v) is 10.2. The predicted octanol–water partition coefficient (Wildman–Crippen LogP) is 2.22. The van der Waals surface area contributed by atoms with E-state index < -0.39 is 0 Å². The summed E-state index contributed by atoms with van der Waals surface area (Å²) in [6, 6.07) is 8.08. The normalized spacial score (nSPS) is 18.5. The fraction of sp³-hybridized carbons (Fsp3) is 0.500. The van der Waals surface area contributed by atoms with Crippen molar-refractivity contribution in [1.29, 1.82) is 0 Å². The van der Waals surface area contributed by atoms with Crippen LogP contribution in [-0.4, -0.2) is 19.1 Å². The summed E-state index contributed by atoms with van der Waals surface area (Å²) in [6.45, 7) is 4.15. The number of benzene rings is 1. The Morgan fingerprint density at radius 3 is 3.12 bits per heavy atom. The number of rotatable bonds is 4. The van der Waals surface area contributed by atoms with Crippen molar-refractivity contribution in [1.82, 2.24) is 5.32 Å². The quantitative estimate of drug-likeness (QED) is 0.640. The molecule has 0 aliphatic carbocycles. The van der Waals surface area contributed by atoms with E-state index in [2.05, 4.69) is 18.3 Å². The molecule has 17 heavy (non-hydrogen) atoms. The molecule has 1 atom stereocenters. The number of ether oxygens (including phenoxy) is 1. The van der Waals surface area contributed by atoms with E-state index in [4.69, 9.17) is 4.74 Å². The molecule has 0 saturated carbocycles. The zero-order valence-electron chi connectivity index (χ0n) is 10.2. The van der Waals surface area contributed by atoms with Crippen molar-refractivity contribution in [3.05, 3.63) is 35.4 Å². The molecule has 0 radical (unpaired) electrons. The first-order chi connectivity index (χ1) is 8.33. The van der Waals surface area contributed by atoms with Gasteiger partial charge in [0.15, 0.2) is 0 Å². The van der Waals surface area contributed by atoms with Crippen LogP contribution in [0.15, 0.2) is 24.3 Å². The number of fused-ring (bicyclic) bond motifs is 1. The maximum atomic E-state index is 12.0. The van der Waals surface area contributed by atoms with Crippen molar-refractivity contribution in [2.75, 3.05) is 13.2 Å². The molecule has 1 aromatic rings. The third kappa shape index (κ3) is 2.86. The summed E-state index contributed by atoms with van der Waals surface area (Å²) < 4.78 is 5.30. The van der Waals surface area contributed by atoms with Gasteiger partial charge in [0.1, 0.15) is 0 Å². The van der Waals surface area contributed by atoms with Gasteiger partial charge in [-0.15, -0.1) is 0 Å². The molecule has 1 aliphatic rings. The molecule has 0 amide bonds. The van der Waals surface area contributed by atoms with E-state index in [1.54, 1.807) is 0 Å². The highest BCUT2D eigenvalue weighted by Gasteiger charge is 2.26. The third-order valence-corrected chi connectivity index (χ3v) is 3.12. The predicted molar refractivity (Wildman–Crippen MR) is 66.8 cm³/mol. The van der Waals surface area contributed by atoms with E-state index >= 15 is 0 Å². The number of nitrogens with one attached hydrogen (secondary N) is 1. The van der Waals surface area contributed by atoms with E-state index in [0.717, 1.165) is 24.9 Å². The molecule has 0 saturated heterocycles. The Morgan fingerprint density at radius 1 is 1.47 bits per heavy atom. The maximum absolute atomic E-state index is 12.0. The molecule has 3 nitrogen and oxygen atoms in total. The van der Waals surface area contributed by atoms with Crippen molar-refractivity contribution < 1.29 is 9.53 Å². The fourth-order valence-electron chi connectivity index (χ4n) is 2.12. The van der Waals surface area contributed by atoms with Gasteiger partial charge in [-0.25, -0.2) is 0 Å². The summed E-state index contributed by atoms with van der Waals surface area (Å²) in [5.74, 6) is -0.241. The summed E-state index contributed by atoms with van der Waals surface area (Å²) in [7, 11) is 0. The van der Waals surface area contributed by atoms with Crippen LogP contribution in [-0.2, 0) is 16.1 Å². The highest BCUT2D eigenvalue weighted by molar-refractivity contribution is 5.79. The van der Waals surface area contributed by atoms with Crippen LogP contribution in [0.3, 0.4) is 0 Å². The fourth-order valence-corrected chi connectivity index (χ4v) is 2.12. The Balaban J connectivity index is 2.05. The smallest absolute Gasteiger partial charge is 0.314 e. The SMILES string of the molecule is CCCCOC(=O)C1CNCc2ccccc21. The molecule has 1 heterocycles. The van der Waals surface area contributed by atoms with E-state index in [0.29, 0.717) is 13.2 Å². The van der Waals surface area contributed by atoms with Crippen LogP contribution in [0.25, 0.3) is 0 Å². The van der Waals surface area contributed by atoms with Crippen molar-refractivity contribution in [3.63, 3.8) is 0 Å². The van der Waals surface area contributed by atoms with Crippen LogP contribution >= 0.6 is 0 Å².